The molecule has 0 aliphatic carbocycles. The second-order valence-corrected chi connectivity index (χ2v) is 9.11. The van der Waals surface area contributed by atoms with Gasteiger partial charge in [0.1, 0.15) is 23.3 Å². The average molecular weight is 497 g/mol. The third kappa shape index (κ3) is 4.77. The zero-order valence-corrected chi connectivity index (χ0v) is 20.7. The molecule has 1 aliphatic heterocycles. The van der Waals surface area contributed by atoms with Crippen molar-refractivity contribution < 1.29 is 19.1 Å². The molecule has 0 bridgehead atoms. The first-order valence-electron chi connectivity index (χ1n) is 11.2. The molecule has 5 N–H and O–H groups in total. The summed E-state index contributed by atoms with van der Waals surface area (Å²) in [7, 11) is 1.65. The lowest BCUT2D eigenvalue weighted by molar-refractivity contribution is -0.119. The summed E-state index contributed by atoms with van der Waals surface area (Å²) in [6.45, 7) is 5.49. The minimum absolute atomic E-state index is 0.204. The number of aryl methyl sites for hydroxylation is 1. The van der Waals surface area contributed by atoms with Crippen molar-refractivity contribution in [2.75, 3.05) is 26.0 Å². The molecule has 184 valence electrons. The first-order chi connectivity index (χ1) is 16.8. The van der Waals surface area contributed by atoms with Crippen LogP contribution in [0.15, 0.2) is 24.5 Å². The summed E-state index contributed by atoms with van der Waals surface area (Å²) in [5.41, 5.74) is 15.2. The number of nitrogens with one attached hydrogen (secondary N) is 1. The van der Waals surface area contributed by atoms with Crippen LogP contribution < -0.4 is 21.5 Å². The predicted octanol–water partition coefficient (Wildman–Crippen LogP) is 3.04. The highest BCUT2D eigenvalue weighted by atomic mass is 32.1. The van der Waals surface area contributed by atoms with Gasteiger partial charge in [0.15, 0.2) is 5.82 Å². The van der Waals surface area contributed by atoms with Crippen LogP contribution in [0.2, 0.25) is 0 Å². The second-order valence-electron chi connectivity index (χ2n) is 8.06. The fourth-order valence-corrected chi connectivity index (χ4v) is 5.33. The number of methoxy groups -OCH3 is 1. The summed E-state index contributed by atoms with van der Waals surface area (Å²) in [6.07, 6.45) is 3.07. The van der Waals surface area contributed by atoms with Crippen molar-refractivity contribution in [3.05, 3.63) is 41.3 Å². The van der Waals surface area contributed by atoms with Crippen LogP contribution in [-0.2, 0) is 16.1 Å². The number of nitrogen functional groups attached to an aromatic ring is 1. The molecular weight excluding hydrogens is 468 g/mol. The van der Waals surface area contributed by atoms with Crippen LogP contribution >= 0.6 is 11.3 Å². The molecule has 10 nitrogen and oxygen atoms in total. The number of rotatable bonds is 6. The van der Waals surface area contributed by atoms with Gasteiger partial charge in [0.25, 0.3) is 5.91 Å². The molecule has 35 heavy (non-hydrogen) atoms. The number of carbonyl (C=O) groups is 2. The van der Waals surface area contributed by atoms with E-state index in [9.17, 15) is 9.59 Å². The maximum absolute atomic E-state index is 12.3. The number of hydrogen-bond acceptors (Lipinski definition) is 8. The maximum Gasteiger partial charge on any atom is 0.267 e. The van der Waals surface area contributed by atoms with E-state index < -0.39 is 5.91 Å². The van der Waals surface area contributed by atoms with Crippen LogP contribution in [-0.4, -0.2) is 46.7 Å². The van der Waals surface area contributed by atoms with Crippen molar-refractivity contribution in [3.63, 3.8) is 0 Å². The van der Waals surface area contributed by atoms with Gasteiger partial charge in [-0.3, -0.25) is 9.59 Å². The monoisotopic (exact) mass is 496 g/mol. The molecule has 4 aromatic rings. The number of aromatic nitrogens is 3. The lowest BCUT2D eigenvalue weighted by Crippen LogP contribution is -2.17. The molecule has 0 spiro atoms. The quantitative estimate of drug-likeness (QED) is 0.372. The number of nitrogens with two attached hydrogens (primary N) is 2. The second kappa shape index (κ2) is 10.3. The number of thiophene rings is 1. The minimum Gasteiger partial charge on any atom is -0.495 e. The maximum atomic E-state index is 12.3. The minimum atomic E-state index is -0.603. The Balaban J connectivity index is 0.000000421. The van der Waals surface area contributed by atoms with Gasteiger partial charge in [-0.2, -0.15) is 5.10 Å². The van der Waals surface area contributed by atoms with E-state index in [1.165, 1.54) is 10.8 Å². The van der Waals surface area contributed by atoms with E-state index in [1.54, 1.807) is 18.4 Å². The van der Waals surface area contributed by atoms with Crippen LogP contribution in [0.5, 0.6) is 5.75 Å². The summed E-state index contributed by atoms with van der Waals surface area (Å²) >= 11 is 1.55. The van der Waals surface area contributed by atoms with Gasteiger partial charge in [0.05, 0.1) is 18.4 Å². The topological polar surface area (TPSA) is 147 Å². The molecule has 1 aliphatic rings. The third-order valence-corrected chi connectivity index (χ3v) is 6.82. The third-order valence-electron chi connectivity index (χ3n) is 5.63. The Kier molecular flexibility index (Phi) is 7.17. The fourth-order valence-electron chi connectivity index (χ4n) is 4.13. The molecule has 4 heterocycles. The van der Waals surface area contributed by atoms with E-state index in [0.717, 1.165) is 51.2 Å². The molecule has 0 radical (unpaired) electrons. The van der Waals surface area contributed by atoms with E-state index in [2.05, 4.69) is 27.5 Å². The first-order valence-corrected chi connectivity index (χ1v) is 12.0. The van der Waals surface area contributed by atoms with Crippen molar-refractivity contribution >= 4 is 44.6 Å². The lowest BCUT2D eigenvalue weighted by atomic mass is 10.1. The molecule has 3 aromatic heterocycles. The van der Waals surface area contributed by atoms with Crippen LogP contribution in [0.3, 0.4) is 0 Å². The van der Waals surface area contributed by atoms with Gasteiger partial charge in [-0.25, -0.2) is 9.50 Å². The number of fused-ring (bicyclic) bond motifs is 2. The number of anilines is 1. The van der Waals surface area contributed by atoms with E-state index in [0.29, 0.717) is 17.7 Å². The number of primary amides is 1. The smallest absolute Gasteiger partial charge is 0.267 e. The van der Waals surface area contributed by atoms with Crippen molar-refractivity contribution in [3.8, 4) is 16.2 Å². The van der Waals surface area contributed by atoms with Gasteiger partial charge >= 0.3 is 0 Å². The molecule has 0 unspecified atom stereocenters. The SMILES string of the molecule is CCOCc1c(-c2cc3cc(C)cc(OC)c3s2)c2c(N)ncnn2c1C(N)=O.O=C1CCCN1. The summed E-state index contributed by atoms with van der Waals surface area (Å²) in [5.74, 6) is 0.662. The lowest BCUT2D eigenvalue weighted by Gasteiger charge is -2.05. The van der Waals surface area contributed by atoms with Crippen LogP contribution in [0.1, 0.15) is 41.4 Å². The normalized spacial score (nSPS) is 13.1. The molecule has 5 rings (SSSR count). The van der Waals surface area contributed by atoms with Crippen molar-refractivity contribution in [1.82, 2.24) is 19.9 Å². The Morgan fingerprint density at radius 2 is 2.11 bits per heavy atom. The summed E-state index contributed by atoms with van der Waals surface area (Å²) < 4.78 is 13.7. The standard InChI is InChI=1S/C20H21N5O3S.C4H7NO/c1-4-28-8-12-15(17-19(21)23-9-24-25(17)16(12)20(22)26)14-7-11-5-10(2)6-13(27-3)18(11)29-14;6-4-2-1-3-5-4/h5-7,9H,4,8H2,1-3H3,(H2,22,26)(H2,21,23,24);1-3H2,(H,5,6). The van der Waals surface area contributed by atoms with E-state index in [-0.39, 0.29) is 24.0 Å². The number of hydrogen-bond donors (Lipinski definition) is 3. The molecule has 11 heteroatoms. The molecule has 1 aromatic carbocycles. The largest absolute Gasteiger partial charge is 0.495 e. The highest BCUT2D eigenvalue weighted by molar-refractivity contribution is 7.22. The summed E-state index contributed by atoms with van der Waals surface area (Å²) in [4.78, 5) is 27.5. The summed E-state index contributed by atoms with van der Waals surface area (Å²) in [6, 6.07) is 6.14. The molecule has 0 saturated carbocycles. The predicted molar refractivity (Wildman–Crippen MR) is 136 cm³/mol. The van der Waals surface area contributed by atoms with Crippen molar-refractivity contribution in [1.29, 1.82) is 0 Å². The van der Waals surface area contributed by atoms with Gasteiger partial charge in [-0.1, -0.05) is 6.07 Å². The van der Waals surface area contributed by atoms with E-state index >= 15 is 0 Å². The van der Waals surface area contributed by atoms with Crippen molar-refractivity contribution in [2.24, 2.45) is 5.73 Å². The highest BCUT2D eigenvalue weighted by Gasteiger charge is 2.27. The van der Waals surface area contributed by atoms with Crippen LogP contribution in [0.4, 0.5) is 5.82 Å². The zero-order valence-electron chi connectivity index (χ0n) is 19.9. The van der Waals surface area contributed by atoms with Gasteiger partial charge in [-0.05, 0) is 43.4 Å². The number of carbonyl (C=O) groups excluding carboxylic acids is 2. The Morgan fingerprint density at radius 1 is 1.31 bits per heavy atom. The Hall–Kier alpha value is -3.70. The summed E-state index contributed by atoms with van der Waals surface area (Å²) in [5, 5.41) is 7.95. The van der Waals surface area contributed by atoms with Crippen molar-refractivity contribution in [2.45, 2.75) is 33.3 Å². The molecule has 0 atom stereocenters. The Labute approximate surface area is 206 Å². The highest BCUT2D eigenvalue weighted by Crippen LogP contribution is 2.44. The van der Waals surface area contributed by atoms with Gasteiger partial charge < -0.3 is 26.3 Å². The molecule has 2 amide bonds. The van der Waals surface area contributed by atoms with Gasteiger partial charge in [-0.15, -0.1) is 11.3 Å². The number of amides is 2. The van der Waals surface area contributed by atoms with Gasteiger partial charge in [0.2, 0.25) is 5.91 Å². The zero-order chi connectivity index (χ0) is 25.1. The van der Waals surface area contributed by atoms with E-state index in [1.807, 2.05) is 19.9 Å². The Morgan fingerprint density at radius 3 is 2.71 bits per heavy atom. The first kappa shape index (κ1) is 24.4. The van der Waals surface area contributed by atoms with Crippen LogP contribution in [0, 0.1) is 6.92 Å². The molecule has 1 saturated heterocycles. The molecule has 1 fully saturated rings. The average Bonchev–Trinajstić information content (AvgIpc) is 3.54. The number of benzene rings is 1. The Bertz CT molecular complexity index is 1400. The van der Waals surface area contributed by atoms with E-state index in [4.69, 9.17) is 20.9 Å². The van der Waals surface area contributed by atoms with Gasteiger partial charge in [0, 0.05) is 35.6 Å². The number of nitrogens with zero attached hydrogens (tertiary/aromatic N) is 3. The number of ether oxygens (including phenoxy) is 2. The molecular formula is C24H28N6O4S. The fraction of sp³-hybridized carbons (Fsp3) is 0.333. The van der Waals surface area contributed by atoms with Crippen LogP contribution in [0.25, 0.3) is 26.0 Å².